The van der Waals surface area contributed by atoms with Crippen LogP contribution < -0.4 is 5.32 Å². The van der Waals surface area contributed by atoms with E-state index < -0.39 is 9.84 Å². The number of nitrogens with zero attached hydrogens (tertiary/aromatic N) is 1. The van der Waals surface area contributed by atoms with Crippen LogP contribution in [0.1, 0.15) is 16.8 Å². The first-order valence-corrected chi connectivity index (χ1v) is 9.50. The Kier molecular flexibility index (Phi) is 4.10. The number of carbonyl (C=O) groups excluding carboxylic acids is 1. The van der Waals surface area contributed by atoms with Gasteiger partial charge in [0.1, 0.15) is 0 Å². The van der Waals surface area contributed by atoms with Crippen molar-refractivity contribution in [2.45, 2.75) is 12.5 Å². The van der Waals surface area contributed by atoms with Gasteiger partial charge in [-0.1, -0.05) is 15.9 Å². The number of carbonyl (C=O) groups is 1. The lowest BCUT2D eigenvalue weighted by Crippen LogP contribution is -2.36. The Morgan fingerprint density at radius 3 is 2.64 bits per heavy atom. The summed E-state index contributed by atoms with van der Waals surface area (Å²) in [5.41, 5.74) is 1.27. The summed E-state index contributed by atoms with van der Waals surface area (Å²) >= 11 is 3.37. The molecule has 1 aliphatic heterocycles. The standard InChI is InChI=1S/C15H15BrN2O3S/c16-11-3-4-14(18-6-1-2-7-18)13(9-11)15(19)17-12-5-8-22(20,21)10-12/h1-4,6-7,9,12H,5,8,10H2,(H,17,19)/t12-/m1/s1. The average molecular weight is 383 g/mol. The van der Waals surface area contributed by atoms with Crippen LogP contribution in [0.5, 0.6) is 0 Å². The first kappa shape index (κ1) is 15.3. The van der Waals surface area contributed by atoms with Crippen LogP contribution in [0.25, 0.3) is 5.69 Å². The number of amides is 1. The van der Waals surface area contributed by atoms with Crippen molar-refractivity contribution in [3.8, 4) is 5.69 Å². The van der Waals surface area contributed by atoms with Gasteiger partial charge in [-0.25, -0.2) is 8.42 Å². The van der Waals surface area contributed by atoms with Gasteiger partial charge in [0.05, 0.1) is 22.8 Å². The number of aromatic nitrogens is 1. The summed E-state index contributed by atoms with van der Waals surface area (Å²) in [5, 5.41) is 2.83. The van der Waals surface area contributed by atoms with Crippen LogP contribution in [0, 0.1) is 0 Å². The van der Waals surface area contributed by atoms with Crippen molar-refractivity contribution in [1.29, 1.82) is 0 Å². The van der Waals surface area contributed by atoms with Crippen LogP contribution in [0.2, 0.25) is 0 Å². The molecule has 0 bridgehead atoms. The zero-order valence-corrected chi connectivity index (χ0v) is 14.1. The van der Waals surface area contributed by atoms with Crippen molar-refractivity contribution < 1.29 is 13.2 Å². The third kappa shape index (κ3) is 3.25. The van der Waals surface area contributed by atoms with Crippen LogP contribution in [0.15, 0.2) is 47.2 Å². The lowest BCUT2D eigenvalue weighted by Gasteiger charge is -2.14. The minimum absolute atomic E-state index is 0.0194. The molecule has 1 aromatic heterocycles. The fraction of sp³-hybridized carbons (Fsp3) is 0.267. The number of rotatable bonds is 3. The molecule has 0 aliphatic carbocycles. The second-order valence-corrected chi connectivity index (χ2v) is 8.47. The minimum Gasteiger partial charge on any atom is -0.348 e. The maximum Gasteiger partial charge on any atom is 0.253 e. The molecule has 0 saturated carbocycles. The highest BCUT2D eigenvalue weighted by Crippen LogP contribution is 2.21. The monoisotopic (exact) mass is 382 g/mol. The zero-order chi connectivity index (χ0) is 15.7. The van der Waals surface area contributed by atoms with Crippen molar-refractivity contribution in [1.82, 2.24) is 9.88 Å². The van der Waals surface area contributed by atoms with Gasteiger partial charge in [-0.15, -0.1) is 0 Å². The van der Waals surface area contributed by atoms with Crippen LogP contribution in [-0.2, 0) is 9.84 Å². The van der Waals surface area contributed by atoms with E-state index in [1.165, 1.54) is 0 Å². The number of hydrogen-bond donors (Lipinski definition) is 1. The molecular weight excluding hydrogens is 368 g/mol. The first-order chi connectivity index (χ1) is 10.4. The molecule has 0 spiro atoms. The predicted molar refractivity (Wildman–Crippen MR) is 88.0 cm³/mol. The molecule has 2 aromatic rings. The molecule has 2 heterocycles. The summed E-state index contributed by atoms with van der Waals surface area (Å²) < 4.78 is 25.7. The van der Waals surface area contributed by atoms with Gasteiger partial charge >= 0.3 is 0 Å². The lowest BCUT2D eigenvalue weighted by atomic mass is 10.1. The zero-order valence-electron chi connectivity index (χ0n) is 11.7. The van der Waals surface area contributed by atoms with Crippen molar-refractivity contribution >= 4 is 31.7 Å². The third-order valence-corrected chi connectivity index (χ3v) is 5.91. The summed E-state index contributed by atoms with van der Waals surface area (Å²) in [7, 11) is -3.01. The molecule has 1 atom stereocenters. The maximum absolute atomic E-state index is 12.5. The molecule has 1 N–H and O–H groups in total. The van der Waals surface area contributed by atoms with E-state index in [0.717, 1.165) is 10.2 Å². The number of nitrogens with one attached hydrogen (secondary N) is 1. The fourth-order valence-corrected chi connectivity index (χ4v) is 4.62. The normalized spacial score (nSPS) is 20.0. The van der Waals surface area contributed by atoms with Crippen LogP contribution in [-0.4, -0.2) is 36.4 Å². The molecule has 0 unspecified atom stereocenters. The highest BCUT2D eigenvalue weighted by molar-refractivity contribution is 9.10. The Balaban J connectivity index is 1.87. The van der Waals surface area contributed by atoms with Gasteiger partial charge < -0.3 is 9.88 Å². The average Bonchev–Trinajstić information content (AvgIpc) is 3.08. The fourth-order valence-electron chi connectivity index (χ4n) is 2.58. The molecule has 1 amide bonds. The number of benzene rings is 1. The molecule has 5 nitrogen and oxygen atoms in total. The number of halogens is 1. The number of hydrogen-bond acceptors (Lipinski definition) is 3. The highest BCUT2D eigenvalue weighted by atomic mass is 79.9. The van der Waals surface area contributed by atoms with Crippen molar-refractivity contribution in [3.63, 3.8) is 0 Å². The summed E-state index contributed by atoms with van der Waals surface area (Å²) in [4.78, 5) is 12.5. The molecule has 22 heavy (non-hydrogen) atoms. The molecule has 1 aliphatic rings. The van der Waals surface area contributed by atoms with E-state index in [-0.39, 0.29) is 23.5 Å². The molecule has 116 valence electrons. The van der Waals surface area contributed by atoms with E-state index >= 15 is 0 Å². The molecule has 1 aromatic carbocycles. The van der Waals surface area contributed by atoms with E-state index in [9.17, 15) is 13.2 Å². The third-order valence-electron chi connectivity index (χ3n) is 3.65. The molecule has 1 fully saturated rings. The van der Waals surface area contributed by atoms with Gasteiger partial charge in [-0.05, 0) is 36.8 Å². The van der Waals surface area contributed by atoms with Gasteiger partial charge in [0.15, 0.2) is 9.84 Å². The van der Waals surface area contributed by atoms with Crippen molar-refractivity contribution in [2.24, 2.45) is 0 Å². The molecule has 7 heteroatoms. The second-order valence-electron chi connectivity index (χ2n) is 5.33. The van der Waals surface area contributed by atoms with E-state index in [2.05, 4.69) is 21.2 Å². The van der Waals surface area contributed by atoms with Gasteiger partial charge in [0, 0.05) is 22.9 Å². The Bertz CT molecular complexity index is 800. The predicted octanol–water partition coefficient (Wildman–Crippen LogP) is 2.16. The van der Waals surface area contributed by atoms with Crippen LogP contribution in [0.4, 0.5) is 0 Å². The SMILES string of the molecule is O=C(N[C@@H]1CCS(=O)(=O)C1)c1cc(Br)ccc1-n1cccc1. The molecule has 3 rings (SSSR count). The quantitative estimate of drug-likeness (QED) is 0.883. The summed E-state index contributed by atoms with van der Waals surface area (Å²) in [6, 6.07) is 8.92. The van der Waals surface area contributed by atoms with Crippen molar-refractivity contribution in [3.05, 3.63) is 52.8 Å². The van der Waals surface area contributed by atoms with Crippen LogP contribution >= 0.6 is 15.9 Å². The van der Waals surface area contributed by atoms with E-state index in [0.29, 0.717) is 12.0 Å². The molecule has 0 radical (unpaired) electrons. The molecular formula is C15H15BrN2O3S. The second kappa shape index (κ2) is 5.89. The highest BCUT2D eigenvalue weighted by Gasteiger charge is 2.29. The van der Waals surface area contributed by atoms with E-state index in [4.69, 9.17) is 0 Å². The summed E-state index contributed by atoms with van der Waals surface area (Å²) in [6.07, 6.45) is 4.20. The Labute approximate surface area is 137 Å². The van der Waals surface area contributed by atoms with Gasteiger partial charge in [0.2, 0.25) is 0 Å². The van der Waals surface area contributed by atoms with Gasteiger partial charge in [-0.3, -0.25) is 4.79 Å². The first-order valence-electron chi connectivity index (χ1n) is 6.89. The van der Waals surface area contributed by atoms with Gasteiger partial charge in [0.25, 0.3) is 5.91 Å². The lowest BCUT2D eigenvalue weighted by molar-refractivity contribution is 0.0941. The largest absolute Gasteiger partial charge is 0.348 e. The Hall–Kier alpha value is -1.60. The Morgan fingerprint density at radius 2 is 2.00 bits per heavy atom. The Morgan fingerprint density at radius 1 is 1.27 bits per heavy atom. The van der Waals surface area contributed by atoms with Gasteiger partial charge in [-0.2, -0.15) is 0 Å². The smallest absolute Gasteiger partial charge is 0.253 e. The van der Waals surface area contributed by atoms with Crippen LogP contribution in [0.3, 0.4) is 0 Å². The van der Waals surface area contributed by atoms with E-state index in [1.807, 2.05) is 41.2 Å². The number of sulfone groups is 1. The summed E-state index contributed by atoms with van der Waals surface area (Å²) in [5.74, 6) is -0.0981. The topological polar surface area (TPSA) is 68.2 Å². The minimum atomic E-state index is -3.01. The van der Waals surface area contributed by atoms with E-state index in [1.54, 1.807) is 6.07 Å². The molecule has 1 saturated heterocycles. The summed E-state index contributed by atoms with van der Waals surface area (Å²) in [6.45, 7) is 0. The van der Waals surface area contributed by atoms with Crippen molar-refractivity contribution in [2.75, 3.05) is 11.5 Å². The maximum atomic E-state index is 12.5.